The molecule has 0 saturated heterocycles. The minimum Gasteiger partial charge on any atom is -0.481 e. The van der Waals surface area contributed by atoms with Gasteiger partial charge in [-0.3, -0.25) is 9.59 Å². The molecule has 3 aromatic carbocycles. The van der Waals surface area contributed by atoms with Crippen LogP contribution in [-0.2, 0) is 9.59 Å². The van der Waals surface area contributed by atoms with Crippen LogP contribution in [0, 0.1) is 18.3 Å². The number of ether oxygens (including phenoxy) is 1. The van der Waals surface area contributed by atoms with Crippen LogP contribution in [0.4, 0.5) is 11.4 Å². The summed E-state index contributed by atoms with van der Waals surface area (Å²) >= 11 is 18.7. The molecule has 178 valence electrons. The SMILES string of the molecule is Cc1ccccc1NC(=O)/C(C#N)=C\c1cc(Br)c(OCC(=O)Nc2ccc(Cl)c(Cl)c2)c(Br)c1. The number of nitrogens with one attached hydrogen (secondary N) is 2. The van der Waals surface area contributed by atoms with Crippen LogP contribution in [0.3, 0.4) is 0 Å². The Kier molecular flexibility index (Phi) is 9.35. The molecule has 35 heavy (non-hydrogen) atoms. The maximum atomic E-state index is 12.6. The number of para-hydroxylation sites is 1. The maximum Gasteiger partial charge on any atom is 0.266 e. The molecule has 0 heterocycles. The first-order valence-corrected chi connectivity index (χ1v) is 12.4. The van der Waals surface area contributed by atoms with Gasteiger partial charge in [0.25, 0.3) is 11.8 Å². The van der Waals surface area contributed by atoms with Crippen molar-refractivity contribution in [3.05, 3.63) is 90.3 Å². The van der Waals surface area contributed by atoms with Crippen molar-refractivity contribution in [2.45, 2.75) is 6.92 Å². The Bertz CT molecular complexity index is 1350. The molecule has 0 spiro atoms. The van der Waals surface area contributed by atoms with Gasteiger partial charge in [-0.25, -0.2) is 0 Å². The third kappa shape index (κ3) is 7.33. The number of nitrogens with zero attached hydrogens (tertiary/aromatic N) is 1. The van der Waals surface area contributed by atoms with Crippen molar-refractivity contribution in [1.82, 2.24) is 0 Å². The molecule has 0 aliphatic heterocycles. The average molecular weight is 638 g/mol. The van der Waals surface area contributed by atoms with Gasteiger partial charge >= 0.3 is 0 Å². The quantitative estimate of drug-likeness (QED) is 0.209. The largest absolute Gasteiger partial charge is 0.481 e. The maximum absolute atomic E-state index is 12.6. The number of nitriles is 1. The zero-order valence-electron chi connectivity index (χ0n) is 18.2. The standard InChI is InChI=1S/C25H17Br2Cl2N3O3/c1-14-4-2-3-5-22(14)32-25(34)16(12-30)8-15-9-18(26)24(19(27)10-15)35-13-23(33)31-17-6-7-20(28)21(29)11-17/h2-11H,13H2,1H3,(H,31,33)(H,32,34)/b16-8-. The van der Waals surface area contributed by atoms with E-state index in [1.165, 1.54) is 12.1 Å². The van der Waals surface area contributed by atoms with Crippen LogP contribution < -0.4 is 15.4 Å². The van der Waals surface area contributed by atoms with Gasteiger partial charge in [0.15, 0.2) is 6.61 Å². The average Bonchev–Trinajstić information content (AvgIpc) is 2.80. The number of hydrogen-bond acceptors (Lipinski definition) is 4. The summed E-state index contributed by atoms with van der Waals surface area (Å²) in [6.07, 6.45) is 1.46. The molecule has 0 radical (unpaired) electrons. The normalized spacial score (nSPS) is 10.9. The Hall–Kier alpha value is -2.83. The highest BCUT2D eigenvalue weighted by Gasteiger charge is 2.14. The van der Waals surface area contributed by atoms with Crippen molar-refractivity contribution < 1.29 is 14.3 Å². The minimum absolute atomic E-state index is 0.0678. The molecule has 0 aliphatic rings. The predicted molar refractivity (Wildman–Crippen MR) is 146 cm³/mol. The molecule has 0 unspecified atom stereocenters. The zero-order chi connectivity index (χ0) is 25.5. The van der Waals surface area contributed by atoms with Gasteiger partial charge in [0.05, 0.1) is 19.0 Å². The van der Waals surface area contributed by atoms with Crippen LogP contribution >= 0.6 is 55.1 Å². The molecular weight excluding hydrogens is 621 g/mol. The molecule has 0 atom stereocenters. The fourth-order valence-electron chi connectivity index (χ4n) is 2.93. The van der Waals surface area contributed by atoms with Gasteiger partial charge in [-0.1, -0.05) is 41.4 Å². The van der Waals surface area contributed by atoms with Gasteiger partial charge in [0.2, 0.25) is 0 Å². The summed E-state index contributed by atoms with van der Waals surface area (Å²) in [6, 6.07) is 17.3. The molecule has 0 aromatic heterocycles. The number of anilines is 2. The van der Waals surface area contributed by atoms with Crippen LogP contribution in [0.5, 0.6) is 5.75 Å². The lowest BCUT2D eigenvalue weighted by atomic mass is 10.1. The summed E-state index contributed by atoms with van der Waals surface area (Å²) in [5.74, 6) is -0.534. The number of halogens is 4. The van der Waals surface area contributed by atoms with Gasteiger partial charge in [0, 0.05) is 11.4 Å². The van der Waals surface area contributed by atoms with E-state index < -0.39 is 11.8 Å². The van der Waals surface area contributed by atoms with E-state index in [2.05, 4.69) is 42.5 Å². The van der Waals surface area contributed by atoms with Gasteiger partial charge < -0.3 is 15.4 Å². The fourth-order valence-corrected chi connectivity index (χ4v) is 4.68. The lowest BCUT2D eigenvalue weighted by molar-refractivity contribution is -0.118. The summed E-state index contributed by atoms with van der Waals surface area (Å²) in [7, 11) is 0. The number of aryl methyl sites for hydroxylation is 1. The third-order valence-corrected chi connectivity index (χ3v) is 6.56. The van der Waals surface area contributed by atoms with E-state index in [1.54, 1.807) is 36.4 Å². The smallest absolute Gasteiger partial charge is 0.266 e. The first-order chi connectivity index (χ1) is 16.7. The van der Waals surface area contributed by atoms with Crippen molar-refractivity contribution in [2.75, 3.05) is 17.2 Å². The van der Waals surface area contributed by atoms with E-state index in [4.69, 9.17) is 27.9 Å². The summed E-state index contributed by atoms with van der Waals surface area (Å²) in [5, 5.41) is 15.6. The Morgan fingerprint density at radius 1 is 1.03 bits per heavy atom. The second kappa shape index (κ2) is 12.2. The Labute approximate surface area is 229 Å². The lowest BCUT2D eigenvalue weighted by Crippen LogP contribution is -2.20. The monoisotopic (exact) mass is 635 g/mol. The lowest BCUT2D eigenvalue weighted by Gasteiger charge is -2.12. The van der Waals surface area contributed by atoms with Crippen LogP contribution in [0.2, 0.25) is 10.0 Å². The molecule has 0 bridgehead atoms. The Balaban J connectivity index is 1.70. The zero-order valence-corrected chi connectivity index (χ0v) is 22.8. The first-order valence-electron chi connectivity index (χ1n) is 10.0. The summed E-state index contributed by atoms with van der Waals surface area (Å²) in [5.41, 5.74) is 2.51. The van der Waals surface area contributed by atoms with Crippen LogP contribution in [0.25, 0.3) is 6.08 Å². The number of benzene rings is 3. The topological polar surface area (TPSA) is 91.2 Å². The minimum atomic E-state index is -0.520. The number of hydrogen-bond donors (Lipinski definition) is 2. The van der Waals surface area contributed by atoms with E-state index in [0.29, 0.717) is 41.7 Å². The number of carbonyl (C=O) groups excluding carboxylic acids is 2. The predicted octanol–water partition coefficient (Wildman–Crippen LogP) is 7.39. The van der Waals surface area contributed by atoms with Gasteiger partial charge in [0.1, 0.15) is 17.4 Å². The highest BCUT2D eigenvalue weighted by molar-refractivity contribution is 9.11. The summed E-state index contributed by atoms with van der Waals surface area (Å²) < 4.78 is 6.70. The molecule has 3 rings (SSSR count). The number of amides is 2. The molecule has 3 aromatic rings. The van der Waals surface area contributed by atoms with Crippen molar-refractivity contribution >= 4 is 84.3 Å². The van der Waals surface area contributed by atoms with Crippen LogP contribution in [0.15, 0.2) is 69.1 Å². The van der Waals surface area contributed by atoms with Crippen molar-refractivity contribution in [1.29, 1.82) is 5.26 Å². The molecule has 10 heteroatoms. The van der Waals surface area contributed by atoms with Crippen molar-refractivity contribution in [2.24, 2.45) is 0 Å². The number of rotatable bonds is 7. The molecule has 0 aliphatic carbocycles. The third-order valence-electron chi connectivity index (χ3n) is 4.64. The van der Waals surface area contributed by atoms with Crippen LogP contribution in [0.1, 0.15) is 11.1 Å². The molecule has 2 amide bonds. The van der Waals surface area contributed by atoms with E-state index in [0.717, 1.165) is 5.56 Å². The molecule has 2 N–H and O–H groups in total. The second-order valence-corrected chi connectivity index (χ2v) is 9.74. The van der Waals surface area contributed by atoms with E-state index in [1.807, 2.05) is 25.1 Å². The van der Waals surface area contributed by atoms with Gasteiger partial charge in [-0.15, -0.1) is 0 Å². The molecule has 0 fully saturated rings. The second-order valence-electron chi connectivity index (χ2n) is 7.22. The highest BCUT2D eigenvalue weighted by Crippen LogP contribution is 2.35. The number of carbonyl (C=O) groups is 2. The van der Waals surface area contributed by atoms with Crippen LogP contribution in [-0.4, -0.2) is 18.4 Å². The highest BCUT2D eigenvalue weighted by atomic mass is 79.9. The molecule has 0 saturated carbocycles. The Morgan fingerprint density at radius 3 is 2.34 bits per heavy atom. The fraction of sp³-hybridized carbons (Fsp3) is 0.0800. The summed E-state index contributed by atoms with van der Waals surface area (Å²) in [4.78, 5) is 24.9. The van der Waals surface area contributed by atoms with Gasteiger partial charge in [-0.05, 0) is 92.4 Å². The van der Waals surface area contributed by atoms with E-state index in [9.17, 15) is 14.9 Å². The van der Waals surface area contributed by atoms with E-state index >= 15 is 0 Å². The first kappa shape index (κ1) is 26.8. The van der Waals surface area contributed by atoms with Crippen molar-refractivity contribution in [3.63, 3.8) is 0 Å². The Morgan fingerprint density at radius 2 is 1.71 bits per heavy atom. The molecule has 6 nitrogen and oxygen atoms in total. The van der Waals surface area contributed by atoms with Crippen molar-refractivity contribution in [3.8, 4) is 11.8 Å². The van der Waals surface area contributed by atoms with E-state index in [-0.39, 0.29) is 12.2 Å². The van der Waals surface area contributed by atoms with Gasteiger partial charge in [-0.2, -0.15) is 5.26 Å². The molecular formula is C25H17Br2Cl2N3O3. The summed E-state index contributed by atoms with van der Waals surface area (Å²) in [6.45, 7) is 1.60.